The molecule has 0 saturated carbocycles. The van der Waals surface area contributed by atoms with E-state index in [2.05, 4.69) is 25.7 Å². The first kappa shape index (κ1) is 12.0. The highest BCUT2D eigenvalue weighted by Crippen LogP contribution is 2.15. The molecule has 0 aromatic rings. The van der Waals surface area contributed by atoms with Gasteiger partial charge in [-0.15, -0.1) is 0 Å². The lowest BCUT2D eigenvalue weighted by molar-refractivity contribution is 0.0585. The smallest absolute Gasteiger partial charge is 0.0702 e. The number of nitrogens with two attached hydrogens (primary N) is 1. The Morgan fingerprint density at radius 1 is 1.50 bits per heavy atom. The molecule has 1 aliphatic rings. The third-order valence-electron chi connectivity index (χ3n) is 3.21. The molecule has 0 amide bonds. The summed E-state index contributed by atoms with van der Waals surface area (Å²) in [7, 11) is 0. The fourth-order valence-corrected chi connectivity index (χ4v) is 1.97. The Balaban J connectivity index is 2.36. The zero-order valence-electron chi connectivity index (χ0n) is 9.70. The van der Waals surface area contributed by atoms with Crippen molar-refractivity contribution in [3.05, 3.63) is 0 Å². The quantitative estimate of drug-likeness (QED) is 0.725. The van der Waals surface area contributed by atoms with Gasteiger partial charge in [0.25, 0.3) is 0 Å². The van der Waals surface area contributed by atoms with Gasteiger partial charge in [-0.25, -0.2) is 0 Å². The molecular weight excluding hydrogens is 176 g/mol. The van der Waals surface area contributed by atoms with E-state index < -0.39 is 0 Å². The van der Waals surface area contributed by atoms with Crippen LogP contribution >= 0.6 is 0 Å². The van der Waals surface area contributed by atoms with E-state index in [0.29, 0.717) is 12.1 Å². The van der Waals surface area contributed by atoms with Gasteiger partial charge in [0, 0.05) is 25.2 Å². The number of hydrogen-bond acceptors (Lipinski definition) is 3. The first-order valence-corrected chi connectivity index (χ1v) is 5.76. The molecule has 1 rings (SSSR count). The maximum atomic E-state index is 5.90. The molecule has 0 radical (unpaired) electrons. The molecule has 1 heterocycles. The van der Waals surface area contributed by atoms with Gasteiger partial charge >= 0.3 is 0 Å². The monoisotopic (exact) mass is 200 g/mol. The predicted molar refractivity (Wildman–Crippen MR) is 59.3 cm³/mol. The maximum Gasteiger partial charge on any atom is 0.0702 e. The van der Waals surface area contributed by atoms with Crippen molar-refractivity contribution in [2.75, 3.05) is 19.7 Å². The average molecular weight is 200 g/mol. The van der Waals surface area contributed by atoms with Gasteiger partial charge in [0.2, 0.25) is 0 Å². The Labute approximate surface area is 87.6 Å². The van der Waals surface area contributed by atoms with Crippen molar-refractivity contribution >= 4 is 0 Å². The minimum absolute atomic E-state index is 0.233. The molecule has 3 heteroatoms. The Bertz CT molecular complexity index is 155. The highest BCUT2D eigenvalue weighted by Gasteiger charge is 2.22. The lowest BCUT2D eigenvalue weighted by atomic mass is 10.1. The molecule has 2 N–H and O–H groups in total. The van der Waals surface area contributed by atoms with Crippen LogP contribution in [0.2, 0.25) is 0 Å². The second-order valence-electron chi connectivity index (χ2n) is 4.32. The fraction of sp³-hybridized carbons (Fsp3) is 1.00. The molecule has 1 aliphatic heterocycles. The first-order chi connectivity index (χ1) is 6.65. The third kappa shape index (κ3) is 3.23. The topological polar surface area (TPSA) is 38.5 Å². The van der Waals surface area contributed by atoms with Crippen molar-refractivity contribution in [1.29, 1.82) is 0 Å². The molecule has 0 aromatic heterocycles. The number of ether oxygens (including phenoxy) is 1. The Kier molecular flexibility index (Phi) is 4.85. The molecule has 84 valence electrons. The van der Waals surface area contributed by atoms with Gasteiger partial charge in [0.05, 0.1) is 6.10 Å². The average Bonchev–Trinajstić information content (AvgIpc) is 2.65. The van der Waals surface area contributed by atoms with Crippen molar-refractivity contribution in [2.45, 2.75) is 51.8 Å². The van der Waals surface area contributed by atoms with Crippen LogP contribution in [0, 0.1) is 0 Å². The molecular formula is C11H24N2O. The van der Waals surface area contributed by atoms with Crippen molar-refractivity contribution in [3.63, 3.8) is 0 Å². The van der Waals surface area contributed by atoms with Crippen LogP contribution in [0.1, 0.15) is 33.6 Å². The van der Waals surface area contributed by atoms with Crippen LogP contribution < -0.4 is 5.73 Å². The zero-order chi connectivity index (χ0) is 10.6. The highest BCUT2D eigenvalue weighted by molar-refractivity contribution is 4.78. The summed E-state index contributed by atoms with van der Waals surface area (Å²) in [6.07, 6.45) is 2.87. The molecule has 0 aromatic carbocycles. The van der Waals surface area contributed by atoms with Gasteiger partial charge in [0.15, 0.2) is 0 Å². The number of rotatable bonds is 5. The van der Waals surface area contributed by atoms with E-state index in [1.54, 1.807) is 0 Å². The largest absolute Gasteiger partial charge is 0.377 e. The minimum atomic E-state index is 0.233. The molecule has 1 fully saturated rings. The molecule has 0 bridgehead atoms. The molecule has 3 unspecified atom stereocenters. The van der Waals surface area contributed by atoms with Gasteiger partial charge < -0.3 is 10.5 Å². The van der Waals surface area contributed by atoms with Crippen LogP contribution in [0.5, 0.6) is 0 Å². The van der Waals surface area contributed by atoms with Crippen LogP contribution in [0.25, 0.3) is 0 Å². The summed E-state index contributed by atoms with van der Waals surface area (Å²) < 4.78 is 5.63. The predicted octanol–water partition coefficient (Wildman–Crippen LogP) is 1.22. The molecule has 14 heavy (non-hydrogen) atoms. The molecule has 0 spiro atoms. The Hall–Kier alpha value is -0.120. The van der Waals surface area contributed by atoms with Gasteiger partial charge in [-0.1, -0.05) is 6.92 Å². The second kappa shape index (κ2) is 5.69. The van der Waals surface area contributed by atoms with E-state index in [1.807, 2.05) is 0 Å². The van der Waals surface area contributed by atoms with Crippen LogP contribution in [-0.4, -0.2) is 42.8 Å². The van der Waals surface area contributed by atoms with E-state index in [1.165, 1.54) is 12.8 Å². The number of hydrogen-bond donors (Lipinski definition) is 1. The van der Waals surface area contributed by atoms with Gasteiger partial charge in [-0.05, 0) is 33.2 Å². The van der Waals surface area contributed by atoms with E-state index in [-0.39, 0.29) is 6.04 Å². The highest BCUT2D eigenvalue weighted by atomic mass is 16.5. The summed E-state index contributed by atoms with van der Waals surface area (Å²) >= 11 is 0. The van der Waals surface area contributed by atoms with E-state index in [0.717, 1.165) is 19.7 Å². The van der Waals surface area contributed by atoms with Gasteiger partial charge in [0.1, 0.15) is 0 Å². The number of likely N-dealkylation sites (N-methyl/N-ethyl adjacent to an activating group) is 1. The lowest BCUT2D eigenvalue weighted by Gasteiger charge is -2.32. The summed E-state index contributed by atoms with van der Waals surface area (Å²) in [5.74, 6) is 0. The summed E-state index contributed by atoms with van der Waals surface area (Å²) in [5.41, 5.74) is 5.90. The number of nitrogens with zero attached hydrogens (tertiary/aromatic N) is 1. The first-order valence-electron chi connectivity index (χ1n) is 5.76. The second-order valence-corrected chi connectivity index (χ2v) is 4.32. The Morgan fingerprint density at radius 3 is 2.64 bits per heavy atom. The summed E-state index contributed by atoms with van der Waals surface area (Å²) in [6, 6.07) is 0.681. The SMILES string of the molecule is CCN(CC1CCCO1)C(C)C(C)N. The normalized spacial score (nSPS) is 26.8. The van der Waals surface area contributed by atoms with Crippen LogP contribution in [0.3, 0.4) is 0 Å². The third-order valence-corrected chi connectivity index (χ3v) is 3.21. The standard InChI is InChI=1S/C11H24N2O/c1-4-13(10(3)9(2)12)8-11-6-5-7-14-11/h9-11H,4-8,12H2,1-3H3. The van der Waals surface area contributed by atoms with Crippen molar-refractivity contribution < 1.29 is 4.74 Å². The van der Waals surface area contributed by atoms with Gasteiger partial charge in [-0.2, -0.15) is 0 Å². The van der Waals surface area contributed by atoms with Crippen molar-refractivity contribution in [3.8, 4) is 0 Å². The molecule has 3 nitrogen and oxygen atoms in total. The maximum absolute atomic E-state index is 5.90. The van der Waals surface area contributed by atoms with Crippen molar-refractivity contribution in [1.82, 2.24) is 4.90 Å². The summed E-state index contributed by atoms with van der Waals surface area (Å²) in [4.78, 5) is 2.42. The zero-order valence-corrected chi connectivity index (χ0v) is 9.70. The summed E-state index contributed by atoms with van der Waals surface area (Å²) in [5, 5.41) is 0. The molecule has 0 aliphatic carbocycles. The molecule has 1 saturated heterocycles. The van der Waals surface area contributed by atoms with Crippen molar-refractivity contribution in [2.24, 2.45) is 5.73 Å². The fourth-order valence-electron chi connectivity index (χ4n) is 1.97. The van der Waals surface area contributed by atoms with Crippen LogP contribution in [-0.2, 0) is 4.74 Å². The molecule has 3 atom stereocenters. The van der Waals surface area contributed by atoms with Crippen LogP contribution in [0.4, 0.5) is 0 Å². The van der Waals surface area contributed by atoms with Gasteiger partial charge in [-0.3, -0.25) is 4.90 Å². The Morgan fingerprint density at radius 2 is 2.21 bits per heavy atom. The van der Waals surface area contributed by atoms with E-state index >= 15 is 0 Å². The van der Waals surface area contributed by atoms with E-state index in [4.69, 9.17) is 10.5 Å². The van der Waals surface area contributed by atoms with Crippen LogP contribution in [0.15, 0.2) is 0 Å². The lowest BCUT2D eigenvalue weighted by Crippen LogP contribution is -2.47. The van der Waals surface area contributed by atoms with E-state index in [9.17, 15) is 0 Å². The minimum Gasteiger partial charge on any atom is -0.377 e. The summed E-state index contributed by atoms with van der Waals surface area (Å²) in [6.45, 7) is 9.50.